The van der Waals surface area contributed by atoms with Crippen LogP contribution in [0.25, 0.3) is 0 Å². The lowest BCUT2D eigenvalue weighted by Gasteiger charge is -2.58. The van der Waals surface area contributed by atoms with Crippen LogP contribution < -0.4 is 0 Å². The first-order valence-electron chi connectivity index (χ1n) is 9.38. The molecule has 2 aliphatic carbocycles. The first-order chi connectivity index (χ1) is 11.3. The van der Waals surface area contributed by atoms with Crippen LogP contribution in [0, 0.1) is 22.7 Å². The Balaban J connectivity index is 1.81. The second-order valence-electron chi connectivity index (χ2n) is 8.89. The van der Waals surface area contributed by atoms with Crippen LogP contribution in [0.4, 0.5) is 0 Å². The molecule has 3 nitrogen and oxygen atoms in total. The molecule has 0 aromatic heterocycles. The average Bonchev–Trinajstić information content (AvgIpc) is 2.86. The highest BCUT2D eigenvalue weighted by Gasteiger charge is 2.52. The number of fused-ring (bicyclic) bond motifs is 1. The first-order valence-corrected chi connectivity index (χ1v) is 9.38. The van der Waals surface area contributed by atoms with Crippen molar-refractivity contribution in [2.75, 3.05) is 7.11 Å². The van der Waals surface area contributed by atoms with Gasteiger partial charge in [0.05, 0.1) is 0 Å². The van der Waals surface area contributed by atoms with Gasteiger partial charge in [0.1, 0.15) is 0 Å². The number of rotatable bonds is 3. The molecular weight excluding hydrogens is 300 g/mol. The third-order valence-electron chi connectivity index (χ3n) is 7.07. The number of carbonyl (C=O) groups is 1. The lowest BCUT2D eigenvalue weighted by Crippen LogP contribution is -2.49. The summed E-state index contributed by atoms with van der Waals surface area (Å²) in [5.41, 5.74) is 2.86. The van der Waals surface area contributed by atoms with Gasteiger partial charge in [-0.3, -0.25) is 0 Å². The normalized spacial score (nSPS) is 40.5. The van der Waals surface area contributed by atoms with E-state index in [1.807, 2.05) is 0 Å². The molecule has 0 unspecified atom stereocenters. The Morgan fingerprint density at radius 1 is 1.33 bits per heavy atom. The fourth-order valence-corrected chi connectivity index (χ4v) is 5.77. The number of esters is 1. The minimum absolute atomic E-state index is 0.214. The zero-order chi connectivity index (χ0) is 17.5. The van der Waals surface area contributed by atoms with Crippen molar-refractivity contribution in [1.29, 1.82) is 0 Å². The van der Waals surface area contributed by atoms with Crippen molar-refractivity contribution in [3.63, 3.8) is 0 Å². The molecule has 3 rings (SSSR count). The van der Waals surface area contributed by atoms with Crippen LogP contribution in [-0.2, 0) is 14.3 Å². The van der Waals surface area contributed by atoms with Crippen LogP contribution in [0.2, 0.25) is 0 Å². The Bertz CT molecular complexity index is 559. The van der Waals surface area contributed by atoms with Crippen molar-refractivity contribution in [2.45, 2.75) is 72.0 Å². The molecule has 134 valence electrons. The molecule has 0 aromatic rings. The van der Waals surface area contributed by atoms with Gasteiger partial charge in [0, 0.05) is 19.1 Å². The number of cyclic esters (lactones) is 1. The zero-order valence-electron chi connectivity index (χ0n) is 15.7. The summed E-state index contributed by atoms with van der Waals surface area (Å²) in [7, 11) is 1.58. The molecule has 0 aromatic carbocycles. The monoisotopic (exact) mass is 332 g/mol. The molecule has 1 heterocycles. The van der Waals surface area contributed by atoms with Crippen molar-refractivity contribution >= 4 is 5.97 Å². The lowest BCUT2D eigenvalue weighted by molar-refractivity contribution is -0.156. The van der Waals surface area contributed by atoms with E-state index in [4.69, 9.17) is 9.47 Å². The second-order valence-corrected chi connectivity index (χ2v) is 8.89. The van der Waals surface area contributed by atoms with Gasteiger partial charge in [0.25, 0.3) is 0 Å². The molecule has 4 atom stereocenters. The van der Waals surface area contributed by atoms with E-state index in [2.05, 4.69) is 33.4 Å². The van der Waals surface area contributed by atoms with E-state index >= 15 is 0 Å². The van der Waals surface area contributed by atoms with E-state index in [0.717, 1.165) is 24.3 Å². The van der Waals surface area contributed by atoms with Crippen molar-refractivity contribution in [3.8, 4) is 0 Å². The molecule has 0 amide bonds. The molecule has 1 saturated heterocycles. The molecular formula is C21H32O3. The minimum Gasteiger partial charge on any atom is -0.432 e. The van der Waals surface area contributed by atoms with Crippen molar-refractivity contribution < 1.29 is 14.3 Å². The van der Waals surface area contributed by atoms with Gasteiger partial charge in [-0.15, -0.1) is 0 Å². The van der Waals surface area contributed by atoms with E-state index in [-0.39, 0.29) is 5.97 Å². The van der Waals surface area contributed by atoms with Gasteiger partial charge in [-0.05, 0) is 54.8 Å². The highest BCUT2D eigenvalue weighted by atomic mass is 16.7. The molecule has 3 heteroatoms. The molecule has 1 aliphatic heterocycles. The predicted molar refractivity (Wildman–Crippen MR) is 95.3 cm³/mol. The van der Waals surface area contributed by atoms with Gasteiger partial charge in [-0.1, -0.05) is 45.4 Å². The van der Waals surface area contributed by atoms with Gasteiger partial charge in [0.15, 0.2) is 0 Å². The smallest absolute Gasteiger partial charge is 0.336 e. The average molecular weight is 332 g/mol. The summed E-state index contributed by atoms with van der Waals surface area (Å²) in [4.78, 5) is 12.0. The van der Waals surface area contributed by atoms with E-state index in [0.29, 0.717) is 23.2 Å². The highest BCUT2D eigenvalue weighted by molar-refractivity contribution is 5.90. The molecule has 3 fully saturated rings. The van der Waals surface area contributed by atoms with Gasteiger partial charge in [-0.2, -0.15) is 0 Å². The minimum atomic E-state index is -0.407. The van der Waals surface area contributed by atoms with Crippen LogP contribution in [0.5, 0.6) is 0 Å². The van der Waals surface area contributed by atoms with Crippen LogP contribution in [0.15, 0.2) is 23.8 Å². The number of hydrogen-bond donors (Lipinski definition) is 0. The maximum absolute atomic E-state index is 12.0. The number of carbonyl (C=O) groups excluding carboxylic acids is 1. The first kappa shape index (κ1) is 17.7. The summed E-state index contributed by atoms with van der Waals surface area (Å²) in [6.45, 7) is 11.8. The molecule has 0 bridgehead atoms. The van der Waals surface area contributed by atoms with Gasteiger partial charge in [0.2, 0.25) is 6.29 Å². The van der Waals surface area contributed by atoms with Gasteiger partial charge < -0.3 is 9.47 Å². The maximum Gasteiger partial charge on any atom is 0.336 e. The Hall–Kier alpha value is -1.09. The summed E-state index contributed by atoms with van der Waals surface area (Å²) in [5.74, 6) is 1.00. The van der Waals surface area contributed by atoms with Gasteiger partial charge >= 0.3 is 5.97 Å². The van der Waals surface area contributed by atoms with Crippen LogP contribution >= 0.6 is 0 Å². The predicted octanol–water partition coefficient (Wildman–Crippen LogP) is 5.02. The second kappa shape index (κ2) is 6.33. The third kappa shape index (κ3) is 2.96. The summed E-state index contributed by atoms with van der Waals surface area (Å²) in [6.07, 6.45) is 9.47. The maximum atomic E-state index is 12.0. The quantitative estimate of drug-likeness (QED) is 0.413. The van der Waals surface area contributed by atoms with Gasteiger partial charge in [-0.25, -0.2) is 4.79 Å². The van der Waals surface area contributed by atoms with Crippen LogP contribution in [0.3, 0.4) is 0 Å². The molecule has 3 aliphatic rings. The van der Waals surface area contributed by atoms with E-state index in [1.165, 1.54) is 31.3 Å². The number of hydrogen-bond acceptors (Lipinski definition) is 3. The van der Waals surface area contributed by atoms with Crippen molar-refractivity contribution in [1.82, 2.24) is 0 Å². The Morgan fingerprint density at radius 3 is 2.75 bits per heavy atom. The Labute approximate surface area is 146 Å². The standard InChI is InChI=1S/C21H32O3/c1-14-7-10-17-20(2,3)11-6-12-21(17,4)16(14)9-8-15-13-18(23-5)24-19(15)22/h8,16-18H,1,6-7,9-13H2,2-5H3/t16-,17-,18+,21+/m0/s1. The SMILES string of the molecule is C=C1CC[C@H]2C(C)(C)CCC[C@]2(C)[C@H]1CC=C1C[C@H](OC)OC1=O. The topological polar surface area (TPSA) is 35.5 Å². The summed E-state index contributed by atoms with van der Waals surface area (Å²) >= 11 is 0. The molecule has 24 heavy (non-hydrogen) atoms. The summed E-state index contributed by atoms with van der Waals surface area (Å²) < 4.78 is 10.4. The third-order valence-corrected chi connectivity index (χ3v) is 7.07. The summed E-state index contributed by atoms with van der Waals surface area (Å²) in [5, 5.41) is 0. The zero-order valence-corrected chi connectivity index (χ0v) is 15.7. The van der Waals surface area contributed by atoms with Crippen LogP contribution in [0.1, 0.15) is 65.7 Å². The van der Waals surface area contributed by atoms with Crippen molar-refractivity contribution in [3.05, 3.63) is 23.8 Å². The molecule has 0 N–H and O–H groups in total. The van der Waals surface area contributed by atoms with E-state index in [1.54, 1.807) is 7.11 Å². The number of ether oxygens (including phenoxy) is 2. The lowest BCUT2D eigenvalue weighted by atomic mass is 9.47. The fraction of sp³-hybridized carbons (Fsp3) is 0.762. The molecule has 0 radical (unpaired) electrons. The summed E-state index contributed by atoms with van der Waals surface area (Å²) in [6, 6.07) is 0. The van der Waals surface area contributed by atoms with Crippen molar-refractivity contribution in [2.24, 2.45) is 22.7 Å². The number of allylic oxidation sites excluding steroid dienone is 2. The fourth-order valence-electron chi connectivity index (χ4n) is 5.77. The van der Waals surface area contributed by atoms with E-state index in [9.17, 15) is 4.79 Å². The largest absolute Gasteiger partial charge is 0.432 e. The number of methoxy groups -OCH3 is 1. The Morgan fingerprint density at radius 2 is 2.08 bits per heavy atom. The van der Waals surface area contributed by atoms with E-state index < -0.39 is 6.29 Å². The Kier molecular flexibility index (Phi) is 4.67. The van der Waals surface area contributed by atoms with Crippen LogP contribution in [-0.4, -0.2) is 19.4 Å². The highest BCUT2D eigenvalue weighted by Crippen LogP contribution is 2.61. The molecule has 2 saturated carbocycles. The molecule has 0 spiro atoms.